The molecule has 7 nitrogen and oxygen atoms in total. The molecular formula is C12H16N2O5. The molecule has 104 valence electrons. The number of aryl methyl sites for hydroxylation is 1. The SMILES string of the molecule is Cc1cc([N+](=O)[O-])ccc1N[C@H]1C[C@H](O)[C@@H](CO)O1. The van der Waals surface area contributed by atoms with E-state index in [4.69, 9.17) is 9.84 Å². The summed E-state index contributed by atoms with van der Waals surface area (Å²) in [5, 5.41) is 32.3. The molecular weight excluding hydrogens is 252 g/mol. The maximum Gasteiger partial charge on any atom is 0.269 e. The Morgan fingerprint density at radius 1 is 1.58 bits per heavy atom. The highest BCUT2D eigenvalue weighted by molar-refractivity contribution is 5.55. The molecule has 1 heterocycles. The van der Waals surface area contributed by atoms with Crippen molar-refractivity contribution in [3.05, 3.63) is 33.9 Å². The molecule has 0 amide bonds. The second kappa shape index (κ2) is 5.52. The Hall–Kier alpha value is -1.70. The van der Waals surface area contributed by atoms with Gasteiger partial charge in [-0.3, -0.25) is 10.1 Å². The van der Waals surface area contributed by atoms with Gasteiger partial charge in [0.25, 0.3) is 5.69 Å². The van der Waals surface area contributed by atoms with Gasteiger partial charge in [-0.2, -0.15) is 0 Å². The van der Waals surface area contributed by atoms with Gasteiger partial charge >= 0.3 is 0 Å². The molecule has 1 aromatic carbocycles. The zero-order chi connectivity index (χ0) is 14.0. The summed E-state index contributed by atoms with van der Waals surface area (Å²) < 4.78 is 5.41. The van der Waals surface area contributed by atoms with E-state index in [0.29, 0.717) is 12.1 Å². The topological polar surface area (TPSA) is 105 Å². The van der Waals surface area contributed by atoms with Crippen molar-refractivity contribution in [2.24, 2.45) is 0 Å². The molecule has 0 unspecified atom stereocenters. The van der Waals surface area contributed by atoms with Crippen molar-refractivity contribution in [1.29, 1.82) is 0 Å². The van der Waals surface area contributed by atoms with Gasteiger partial charge in [-0.25, -0.2) is 0 Å². The number of non-ortho nitro benzene ring substituents is 1. The lowest BCUT2D eigenvalue weighted by Gasteiger charge is -2.16. The van der Waals surface area contributed by atoms with E-state index in [1.807, 2.05) is 0 Å². The number of nitrogens with one attached hydrogen (secondary N) is 1. The number of nitrogens with zero attached hydrogens (tertiary/aromatic N) is 1. The van der Waals surface area contributed by atoms with Gasteiger partial charge in [-0.15, -0.1) is 0 Å². The average molecular weight is 268 g/mol. The molecule has 0 spiro atoms. The molecule has 7 heteroatoms. The molecule has 0 radical (unpaired) electrons. The Bertz CT molecular complexity index is 479. The van der Waals surface area contributed by atoms with Crippen LogP contribution in [-0.4, -0.2) is 40.2 Å². The van der Waals surface area contributed by atoms with Gasteiger partial charge in [0.05, 0.1) is 17.6 Å². The highest BCUT2D eigenvalue weighted by Crippen LogP contribution is 2.26. The summed E-state index contributed by atoms with van der Waals surface area (Å²) in [4.78, 5) is 10.2. The highest BCUT2D eigenvalue weighted by Gasteiger charge is 2.33. The summed E-state index contributed by atoms with van der Waals surface area (Å²) in [6, 6.07) is 4.48. The fourth-order valence-electron chi connectivity index (χ4n) is 2.08. The van der Waals surface area contributed by atoms with E-state index in [1.165, 1.54) is 12.1 Å². The highest BCUT2D eigenvalue weighted by atomic mass is 16.6. The minimum absolute atomic E-state index is 0.0312. The van der Waals surface area contributed by atoms with Gasteiger partial charge in [0.2, 0.25) is 0 Å². The first-order valence-electron chi connectivity index (χ1n) is 5.97. The van der Waals surface area contributed by atoms with Crippen LogP contribution in [0.4, 0.5) is 11.4 Å². The maximum atomic E-state index is 10.6. The lowest BCUT2D eigenvalue weighted by atomic mass is 10.1. The molecule has 1 aliphatic heterocycles. The van der Waals surface area contributed by atoms with Crippen LogP contribution in [0.1, 0.15) is 12.0 Å². The number of aliphatic hydroxyl groups is 2. The fraction of sp³-hybridized carbons (Fsp3) is 0.500. The zero-order valence-electron chi connectivity index (χ0n) is 10.4. The van der Waals surface area contributed by atoms with Gasteiger partial charge in [0.1, 0.15) is 12.3 Å². The van der Waals surface area contributed by atoms with Crippen LogP contribution < -0.4 is 5.32 Å². The van der Waals surface area contributed by atoms with Crippen molar-refractivity contribution < 1.29 is 19.9 Å². The van der Waals surface area contributed by atoms with E-state index in [2.05, 4.69) is 5.32 Å². The first-order chi connectivity index (χ1) is 9.01. The zero-order valence-corrected chi connectivity index (χ0v) is 10.4. The molecule has 1 aromatic rings. The summed E-state index contributed by atoms with van der Waals surface area (Å²) in [5.74, 6) is 0. The number of hydrogen-bond donors (Lipinski definition) is 3. The van der Waals surface area contributed by atoms with Crippen LogP contribution in [0.25, 0.3) is 0 Å². The molecule has 0 aliphatic carbocycles. The molecule has 3 atom stereocenters. The molecule has 1 aliphatic rings. The summed E-state index contributed by atoms with van der Waals surface area (Å²) in [5.41, 5.74) is 1.46. The third-order valence-electron chi connectivity index (χ3n) is 3.14. The first kappa shape index (κ1) is 13.7. The van der Waals surface area contributed by atoms with Crippen LogP contribution in [0.5, 0.6) is 0 Å². The van der Waals surface area contributed by atoms with Crippen molar-refractivity contribution in [2.45, 2.75) is 31.8 Å². The van der Waals surface area contributed by atoms with Gasteiger partial charge in [0, 0.05) is 24.2 Å². The van der Waals surface area contributed by atoms with Crippen LogP contribution in [0.15, 0.2) is 18.2 Å². The average Bonchev–Trinajstić information content (AvgIpc) is 2.72. The van der Waals surface area contributed by atoms with Crippen molar-refractivity contribution in [1.82, 2.24) is 0 Å². The van der Waals surface area contributed by atoms with E-state index in [1.54, 1.807) is 13.0 Å². The normalized spacial score (nSPS) is 26.4. The van der Waals surface area contributed by atoms with E-state index in [-0.39, 0.29) is 12.3 Å². The minimum atomic E-state index is -0.708. The van der Waals surface area contributed by atoms with Crippen molar-refractivity contribution in [2.75, 3.05) is 11.9 Å². The number of aliphatic hydroxyl groups excluding tert-OH is 2. The van der Waals surface area contributed by atoms with Gasteiger partial charge in [-0.05, 0) is 18.6 Å². The molecule has 19 heavy (non-hydrogen) atoms. The smallest absolute Gasteiger partial charge is 0.269 e. The van der Waals surface area contributed by atoms with Gasteiger partial charge in [0.15, 0.2) is 0 Å². The lowest BCUT2D eigenvalue weighted by Crippen LogP contribution is -2.25. The predicted octanol–water partition coefficient (Wildman–Crippen LogP) is 0.783. The maximum absolute atomic E-state index is 10.6. The number of anilines is 1. The predicted molar refractivity (Wildman–Crippen MR) is 67.8 cm³/mol. The van der Waals surface area contributed by atoms with Crippen molar-refractivity contribution >= 4 is 11.4 Å². The van der Waals surface area contributed by atoms with Crippen molar-refractivity contribution in [3.8, 4) is 0 Å². The van der Waals surface area contributed by atoms with Gasteiger partial charge < -0.3 is 20.3 Å². The molecule has 0 aromatic heterocycles. The summed E-state index contributed by atoms with van der Waals surface area (Å²) in [6.07, 6.45) is -1.34. The Morgan fingerprint density at radius 2 is 2.32 bits per heavy atom. The number of nitro groups is 1. The Balaban J connectivity index is 2.06. The Labute approximate surface area is 110 Å². The fourth-order valence-corrected chi connectivity index (χ4v) is 2.08. The summed E-state index contributed by atoms with van der Waals surface area (Å²) in [6.45, 7) is 1.52. The molecule has 3 N–H and O–H groups in total. The van der Waals surface area contributed by atoms with E-state index < -0.39 is 23.4 Å². The standard InChI is InChI=1S/C12H16N2O5/c1-7-4-8(14(17)18)2-3-9(7)13-12-5-10(16)11(6-15)19-12/h2-4,10-13,15-16H,5-6H2,1H3/t10-,11+,12+/m0/s1. The van der Waals surface area contributed by atoms with Crippen molar-refractivity contribution in [3.63, 3.8) is 0 Å². The van der Waals surface area contributed by atoms with E-state index in [0.717, 1.165) is 5.56 Å². The summed E-state index contributed by atoms with van der Waals surface area (Å²) >= 11 is 0. The quantitative estimate of drug-likeness (QED) is 0.550. The van der Waals surface area contributed by atoms with Crippen LogP contribution in [0.3, 0.4) is 0 Å². The van der Waals surface area contributed by atoms with Crippen LogP contribution >= 0.6 is 0 Å². The number of hydrogen-bond acceptors (Lipinski definition) is 6. The Kier molecular flexibility index (Phi) is 3.98. The van der Waals surface area contributed by atoms with Crippen LogP contribution in [-0.2, 0) is 4.74 Å². The second-order valence-electron chi connectivity index (χ2n) is 4.55. The summed E-state index contributed by atoms with van der Waals surface area (Å²) in [7, 11) is 0. The third kappa shape index (κ3) is 3.01. The third-order valence-corrected chi connectivity index (χ3v) is 3.14. The molecule has 1 saturated heterocycles. The van der Waals surface area contributed by atoms with Crippen LogP contribution in [0.2, 0.25) is 0 Å². The molecule has 0 bridgehead atoms. The molecule has 1 fully saturated rings. The van der Waals surface area contributed by atoms with E-state index >= 15 is 0 Å². The molecule has 2 rings (SSSR count). The Morgan fingerprint density at radius 3 is 2.84 bits per heavy atom. The second-order valence-corrected chi connectivity index (χ2v) is 4.55. The molecule has 0 saturated carbocycles. The largest absolute Gasteiger partial charge is 0.394 e. The minimum Gasteiger partial charge on any atom is -0.394 e. The van der Waals surface area contributed by atoms with Crippen LogP contribution in [0, 0.1) is 17.0 Å². The van der Waals surface area contributed by atoms with Gasteiger partial charge in [-0.1, -0.05) is 0 Å². The lowest BCUT2D eigenvalue weighted by molar-refractivity contribution is -0.384. The number of nitro benzene ring substituents is 1. The number of ether oxygens (including phenoxy) is 1. The van der Waals surface area contributed by atoms with E-state index in [9.17, 15) is 15.2 Å². The number of rotatable bonds is 4. The first-order valence-corrected chi connectivity index (χ1v) is 5.97. The number of benzene rings is 1. The monoisotopic (exact) mass is 268 g/mol.